The van der Waals surface area contributed by atoms with E-state index in [9.17, 15) is 9.59 Å². The molecule has 32 heavy (non-hydrogen) atoms. The van der Waals surface area contributed by atoms with E-state index < -0.39 is 5.91 Å². The molecular weight excluding hydrogens is 412 g/mol. The Hall–Kier alpha value is -3.42. The summed E-state index contributed by atoms with van der Waals surface area (Å²) in [7, 11) is 7.80. The second-order valence-corrected chi connectivity index (χ2v) is 7.80. The van der Waals surface area contributed by atoms with E-state index in [1.54, 1.807) is 51.5 Å². The summed E-state index contributed by atoms with van der Waals surface area (Å²) in [5, 5.41) is 2.81. The third kappa shape index (κ3) is 5.07. The highest BCUT2D eigenvalue weighted by atomic mass is 16.5. The Balaban J connectivity index is 1.89. The highest BCUT2D eigenvalue weighted by Gasteiger charge is 2.22. The summed E-state index contributed by atoms with van der Waals surface area (Å²) < 4.78 is 22.1. The van der Waals surface area contributed by atoms with E-state index in [2.05, 4.69) is 5.32 Å². The second-order valence-electron chi connectivity index (χ2n) is 7.80. The largest absolute Gasteiger partial charge is 0.493 e. The van der Waals surface area contributed by atoms with Crippen LogP contribution < -0.4 is 24.3 Å². The lowest BCUT2D eigenvalue weighted by molar-refractivity contribution is 0.0828. The smallest absolute Gasteiger partial charge is 0.255 e. The monoisotopic (exact) mass is 442 g/mol. The first-order valence-corrected chi connectivity index (χ1v) is 10.5. The van der Waals surface area contributed by atoms with E-state index in [1.165, 1.54) is 19.1 Å². The number of anilines is 1. The van der Waals surface area contributed by atoms with Gasteiger partial charge >= 0.3 is 0 Å². The SMILES string of the molecule is COc1cc(NC(=O)c2ccc(OC3CCCC3)c(OC)c2)c(C(=O)N(C)C)cc1OC. The average Bonchev–Trinajstić information content (AvgIpc) is 3.31. The summed E-state index contributed by atoms with van der Waals surface area (Å²) in [5.74, 6) is 1.23. The van der Waals surface area contributed by atoms with Gasteiger partial charge in [0.2, 0.25) is 0 Å². The highest BCUT2D eigenvalue weighted by Crippen LogP contribution is 2.35. The number of carbonyl (C=O) groups excluding carboxylic acids is 2. The number of ether oxygens (including phenoxy) is 4. The molecule has 0 radical (unpaired) electrons. The minimum absolute atomic E-state index is 0.176. The lowest BCUT2D eigenvalue weighted by atomic mass is 10.1. The van der Waals surface area contributed by atoms with Gasteiger partial charge < -0.3 is 29.2 Å². The Morgan fingerprint density at radius 3 is 2.06 bits per heavy atom. The predicted octanol–water partition coefficient (Wildman–Crippen LogP) is 3.99. The van der Waals surface area contributed by atoms with Crippen LogP contribution in [0.25, 0.3) is 0 Å². The second kappa shape index (κ2) is 10.3. The number of carbonyl (C=O) groups is 2. The van der Waals surface area contributed by atoms with Crippen molar-refractivity contribution in [3.05, 3.63) is 41.5 Å². The molecule has 0 saturated heterocycles. The van der Waals surface area contributed by atoms with Crippen molar-refractivity contribution in [2.75, 3.05) is 40.7 Å². The van der Waals surface area contributed by atoms with E-state index in [0.717, 1.165) is 25.7 Å². The summed E-state index contributed by atoms with van der Waals surface area (Å²) in [6, 6.07) is 8.18. The van der Waals surface area contributed by atoms with Gasteiger partial charge in [0.1, 0.15) is 0 Å². The molecule has 0 atom stereocenters. The Bertz CT molecular complexity index is 983. The lowest BCUT2D eigenvalue weighted by Crippen LogP contribution is -2.24. The van der Waals surface area contributed by atoms with Crippen molar-refractivity contribution in [1.82, 2.24) is 4.90 Å². The molecule has 0 bridgehead atoms. The molecule has 8 nitrogen and oxygen atoms in total. The van der Waals surface area contributed by atoms with Gasteiger partial charge in [0.05, 0.1) is 38.7 Å². The van der Waals surface area contributed by atoms with Crippen LogP contribution in [0.2, 0.25) is 0 Å². The zero-order valence-electron chi connectivity index (χ0n) is 19.2. The topological polar surface area (TPSA) is 86.3 Å². The summed E-state index contributed by atoms with van der Waals surface area (Å²) in [6.07, 6.45) is 4.54. The van der Waals surface area contributed by atoms with Crippen molar-refractivity contribution >= 4 is 17.5 Å². The minimum atomic E-state index is -0.393. The van der Waals surface area contributed by atoms with E-state index in [4.69, 9.17) is 18.9 Å². The number of benzene rings is 2. The third-order valence-corrected chi connectivity index (χ3v) is 5.43. The average molecular weight is 443 g/mol. The number of nitrogens with one attached hydrogen (secondary N) is 1. The van der Waals surface area contributed by atoms with Crippen LogP contribution in [-0.4, -0.2) is 58.2 Å². The van der Waals surface area contributed by atoms with Crippen LogP contribution in [0.3, 0.4) is 0 Å². The van der Waals surface area contributed by atoms with Crippen LogP contribution in [0.1, 0.15) is 46.4 Å². The number of rotatable bonds is 8. The van der Waals surface area contributed by atoms with Crippen LogP contribution in [0.5, 0.6) is 23.0 Å². The Morgan fingerprint density at radius 2 is 1.47 bits per heavy atom. The zero-order valence-corrected chi connectivity index (χ0v) is 19.2. The van der Waals surface area contributed by atoms with Crippen molar-refractivity contribution in [3.63, 3.8) is 0 Å². The third-order valence-electron chi connectivity index (χ3n) is 5.43. The van der Waals surface area contributed by atoms with Crippen LogP contribution in [0.4, 0.5) is 5.69 Å². The van der Waals surface area contributed by atoms with Gasteiger partial charge in [-0.1, -0.05) is 0 Å². The van der Waals surface area contributed by atoms with E-state index in [1.807, 2.05) is 0 Å². The van der Waals surface area contributed by atoms with Crippen LogP contribution in [0, 0.1) is 0 Å². The molecular formula is C24H30N2O6. The van der Waals surface area contributed by atoms with Crippen molar-refractivity contribution in [2.45, 2.75) is 31.8 Å². The maximum Gasteiger partial charge on any atom is 0.255 e. The number of amides is 2. The van der Waals surface area contributed by atoms with Gasteiger partial charge in [-0.05, 0) is 49.9 Å². The summed E-state index contributed by atoms with van der Waals surface area (Å²) >= 11 is 0. The summed E-state index contributed by atoms with van der Waals surface area (Å²) in [4.78, 5) is 27.2. The summed E-state index contributed by atoms with van der Waals surface area (Å²) in [5.41, 5.74) is 0.976. The van der Waals surface area contributed by atoms with Crippen LogP contribution in [0.15, 0.2) is 30.3 Å². The number of nitrogens with zero attached hydrogens (tertiary/aromatic N) is 1. The molecule has 1 saturated carbocycles. The van der Waals surface area contributed by atoms with E-state index in [-0.39, 0.29) is 17.6 Å². The van der Waals surface area contributed by atoms with Gasteiger partial charge in [-0.2, -0.15) is 0 Å². The standard InChI is InChI=1S/C24H30N2O6/c1-26(2)24(28)17-13-21(30-4)22(31-5)14-18(17)25-23(27)15-10-11-19(20(12-15)29-3)32-16-8-6-7-9-16/h10-14,16H,6-9H2,1-5H3,(H,25,27). The Kier molecular flexibility index (Phi) is 7.45. The molecule has 0 heterocycles. The molecule has 1 N–H and O–H groups in total. The van der Waals surface area contributed by atoms with Crippen molar-refractivity contribution in [2.24, 2.45) is 0 Å². The van der Waals surface area contributed by atoms with Gasteiger partial charge in [0.15, 0.2) is 23.0 Å². The molecule has 1 aliphatic carbocycles. The molecule has 8 heteroatoms. The fourth-order valence-corrected chi connectivity index (χ4v) is 3.69. The normalized spacial score (nSPS) is 13.4. The van der Waals surface area contributed by atoms with Crippen molar-refractivity contribution < 1.29 is 28.5 Å². The molecule has 2 amide bonds. The summed E-state index contributed by atoms with van der Waals surface area (Å²) in [6.45, 7) is 0. The maximum absolute atomic E-state index is 13.0. The quantitative estimate of drug-likeness (QED) is 0.665. The molecule has 0 aromatic heterocycles. The van der Waals surface area contributed by atoms with Crippen molar-refractivity contribution in [1.29, 1.82) is 0 Å². The molecule has 1 fully saturated rings. The first kappa shape index (κ1) is 23.2. The van der Waals surface area contributed by atoms with Gasteiger partial charge in [0.25, 0.3) is 11.8 Å². The molecule has 0 spiro atoms. The van der Waals surface area contributed by atoms with Crippen LogP contribution in [-0.2, 0) is 0 Å². The van der Waals surface area contributed by atoms with Gasteiger partial charge in [0, 0.05) is 25.7 Å². The molecule has 172 valence electrons. The fraction of sp³-hybridized carbons (Fsp3) is 0.417. The molecule has 3 rings (SSSR count). The molecule has 2 aromatic carbocycles. The van der Waals surface area contributed by atoms with Gasteiger partial charge in [-0.3, -0.25) is 9.59 Å². The van der Waals surface area contributed by atoms with Crippen molar-refractivity contribution in [3.8, 4) is 23.0 Å². The fourth-order valence-electron chi connectivity index (χ4n) is 3.69. The lowest BCUT2D eigenvalue weighted by Gasteiger charge is -2.19. The minimum Gasteiger partial charge on any atom is -0.493 e. The highest BCUT2D eigenvalue weighted by molar-refractivity contribution is 6.09. The van der Waals surface area contributed by atoms with Crippen LogP contribution >= 0.6 is 0 Å². The van der Waals surface area contributed by atoms with E-state index >= 15 is 0 Å². The first-order chi connectivity index (χ1) is 15.4. The predicted molar refractivity (Wildman–Crippen MR) is 121 cm³/mol. The number of hydrogen-bond acceptors (Lipinski definition) is 6. The van der Waals surface area contributed by atoms with Gasteiger partial charge in [-0.25, -0.2) is 0 Å². The molecule has 0 aliphatic heterocycles. The molecule has 0 unspecified atom stereocenters. The number of hydrogen-bond donors (Lipinski definition) is 1. The number of methoxy groups -OCH3 is 3. The Labute approximate surface area is 188 Å². The van der Waals surface area contributed by atoms with E-state index in [0.29, 0.717) is 34.2 Å². The molecule has 1 aliphatic rings. The first-order valence-electron chi connectivity index (χ1n) is 10.5. The molecule has 2 aromatic rings. The maximum atomic E-state index is 13.0. The zero-order chi connectivity index (χ0) is 23.3. The Morgan fingerprint density at radius 1 is 0.875 bits per heavy atom. The van der Waals surface area contributed by atoms with Gasteiger partial charge in [-0.15, -0.1) is 0 Å².